The van der Waals surface area contributed by atoms with Crippen LogP contribution in [0, 0.1) is 0 Å². The summed E-state index contributed by atoms with van der Waals surface area (Å²) >= 11 is 0. The zero-order valence-corrected chi connectivity index (χ0v) is 6.81. The zero-order chi connectivity index (χ0) is 7.07. The Balaban J connectivity index is 2.13. The molecule has 0 N–H and O–H groups in total. The van der Waals surface area contributed by atoms with Gasteiger partial charge < -0.3 is 0 Å². The second-order valence-corrected chi connectivity index (χ2v) is 3.17. The molecule has 1 aliphatic heterocycles. The van der Waals surface area contributed by atoms with Crippen LogP contribution in [0.5, 0.6) is 0 Å². The molecule has 0 aliphatic carbocycles. The summed E-state index contributed by atoms with van der Waals surface area (Å²) in [5.41, 5.74) is 0. The van der Waals surface area contributed by atoms with Crippen LogP contribution < -0.4 is 0 Å². The molecule has 0 bridgehead atoms. The van der Waals surface area contributed by atoms with E-state index < -0.39 is 0 Å². The van der Waals surface area contributed by atoms with E-state index in [0.717, 1.165) is 0 Å². The molecule has 0 aromatic rings. The molecule has 0 spiro atoms. The molecule has 0 fully saturated rings. The molecular weight excluding hydrogens is 119 g/mol. The van der Waals surface area contributed by atoms with Crippen molar-refractivity contribution in [3.63, 3.8) is 0 Å². The molecule has 0 aromatic carbocycles. The number of hydrogen-bond acceptors (Lipinski definition) is 0. The van der Waals surface area contributed by atoms with Gasteiger partial charge in [0.1, 0.15) is 0 Å². The van der Waals surface area contributed by atoms with Crippen molar-refractivity contribution in [2.75, 3.05) is 0 Å². The molecule has 1 heteroatoms. The van der Waals surface area contributed by atoms with Crippen molar-refractivity contribution in [1.82, 2.24) is 0 Å². The van der Waals surface area contributed by atoms with Gasteiger partial charge in [0.15, 0.2) is 0 Å². The van der Waals surface area contributed by atoms with E-state index in [0.29, 0.717) is 0 Å². The van der Waals surface area contributed by atoms with Crippen LogP contribution in [0.1, 0.15) is 44.9 Å². The van der Waals surface area contributed by atoms with Crippen molar-refractivity contribution < 1.29 is 0 Å². The summed E-state index contributed by atoms with van der Waals surface area (Å²) in [6.45, 7) is 2.35. The van der Waals surface area contributed by atoms with Crippen molar-refractivity contribution in [3.8, 4) is 0 Å². The van der Waals surface area contributed by atoms with Crippen molar-refractivity contribution in [2.45, 2.75) is 51.3 Å². The van der Waals surface area contributed by atoms with Crippen molar-refractivity contribution in [1.29, 1.82) is 0 Å². The van der Waals surface area contributed by atoms with Gasteiger partial charge in [-0.15, -0.1) is 0 Å². The van der Waals surface area contributed by atoms with Gasteiger partial charge in [0.2, 0.25) is 0 Å². The fourth-order valence-electron chi connectivity index (χ4n) is 1.47. The monoisotopic (exact) mass is 136 g/mol. The molecule has 1 heterocycles. The van der Waals surface area contributed by atoms with Crippen LogP contribution in [0.3, 0.4) is 0 Å². The predicted octanol–water partition coefficient (Wildman–Crippen LogP) is 2.66. The van der Waals surface area contributed by atoms with E-state index >= 15 is 0 Å². The Kier molecular flexibility index (Phi) is 4.58. The first-order valence-electron chi connectivity index (χ1n) is 4.65. The zero-order valence-electron chi connectivity index (χ0n) is 6.81. The number of rotatable bonds is 0. The summed E-state index contributed by atoms with van der Waals surface area (Å²) < 4.78 is 0. The third-order valence-corrected chi connectivity index (χ3v) is 2.16. The molecule has 56 valence electrons. The number of hydrogen-bond donors (Lipinski definition) is 0. The molecule has 0 saturated carbocycles. The molecule has 10 heavy (non-hydrogen) atoms. The van der Waals surface area contributed by atoms with Gasteiger partial charge >= 0.3 is 64.2 Å². The van der Waals surface area contributed by atoms with Gasteiger partial charge in [-0.1, -0.05) is 0 Å². The van der Waals surface area contributed by atoms with Crippen LogP contribution in [0.2, 0.25) is 6.32 Å². The summed E-state index contributed by atoms with van der Waals surface area (Å²) in [7, 11) is 0. The third-order valence-electron chi connectivity index (χ3n) is 2.16. The fraction of sp³-hybridized carbons (Fsp3) is 0.889. The van der Waals surface area contributed by atoms with Gasteiger partial charge in [-0.25, -0.2) is 0 Å². The summed E-state index contributed by atoms with van der Waals surface area (Å²) in [4.78, 5) is 0. The van der Waals surface area contributed by atoms with E-state index in [1.165, 1.54) is 51.3 Å². The van der Waals surface area contributed by atoms with E-state index in [1.54, 1.807) is 0 Å². The Labute approximate surface area is 64.9 Å². The van der Waals surface area contributed by atoms with Crippen molar-refractivity contribution in [2.24, 2.45) is 0 Å². The molecule has 0 saturated heterocycles. The van der Waals surface area contributed by atoms with Crippen LogP contribution in [-0.2, 0) is 0 Å². The SMILES string of the molecule is B1=CCCCCCCCC1. The minimum absolute atomic E-state index is 1.32. The average molecular weight is 136 g/mol. The van der Waals surface area contributed by atoms with E-state index in [2.05, 4.69) is 12.9 Å². The fourth-order valence-corrected chi connectivity index (χ4v) is 1.47. The van der Waals surface area contributed by atoms with Gasteiger partial charge in [-0.2, -0.15) is 0 Å². The normalized spacial score (nSPS) is 21.6. The summed E-state index contributed by atoms with van der Waals surface area (Å²) in [6, 6.07) is 0. The second kappa shape index (κ2) is 5.70. The minimum atomic E-state index is 1.32. The average Bonchev–Trinajstić information content (AvgIpc) is 2.01. The van der Waals surface area contributed by atoms with Crippen LogP contribution >= 0.6 is 0 Å². The molecular formula is C9H17B. The quantitative estimate of drug-likeness (QED) is 0.449. The summed E-state index contributed by atoms with van der Waals surface area (Å²) in [6.07, 6.45) is 11.3. The van der Waals surface area contributed by atoms with Crippen LogP contribution in [-0.4, -0.2) is 12.9 Å². The van der Waals surface area contributed by atoms with E-state index in [4.69, 9.17) is 0 Å². The molecule has 0 aromatic heterocycles. The van der Waals surface area contributed by atoms with E-state index in [1.807, 2.05) is 0 Å². The predicted molar refractivity (Wildman–Crippen MR) is 48.9 cm³/mol. The topological polar surface area (TPSA) is 0 Å². The van der Waals surface area contributed by atoms with Gasteiger partial charge in [-0.3, -0.25) is 0 Å². The van der Waals surface area contributed by atoms with Crippen molar-refractivity contribution >= 4 is 12.9 Å². The molecule has 0 unspecified atom stereocenters. The second-order valence-electron chi connectivity index (χ2n) is 3.17. The Morgan fingerprint density at radius 1 is 0.800 bits per heavy atom. The summed E-state index contributed by atoms with van der Waals surface area (Å²) in [5.74, 6) is 2.35. The Bertz CT molecular complexity index is 84.9. The van der Waals surface area contributed by atoms with Crippen LogP contribution in [0.4, 0.5) is 0 Å². The Morgan fingerprint density at radius 2 is 1.50 bits per heavy atom. The van der Waals surface area contributed by atoms with E-state index in [9.17, 15) is 0 Å². The molecule has 1 rings (SSSR count). The molecule has 0 atom stereocenters. The van der Waals surface area contributed by atoms with Gasteiger partial charge in [0, 0.05) is 0 Å². The molecule has 0 nitrogen and oxygen atoms in total. The Hall–Kier alpha value is -0.0651. The molecule has 0 radical (unpaired) electrons. The van der Waals surface area contributed by atoms with Crippen LogP contribution in [0.15, 0.2) is 0 Å². The maximum atomic E-state index is 2.35. The summed E-state index contributed by atoms with van der Waals surface area (Å²) in [5, 5.41) is 0. The first kappa shape index (κ1) is 8.04. The third kappa shape index (κ3) is 3.87. The van der Waals surface area contributed by atoms with Crippen molar-refractivity contribution in [3.05, 3.63) is 0 Å². The van der Waals surface area contributed by atoms with Gasteiger partial charge in [0.25, 0.3) is 0 Å². The first-order valence-corrected chi connectivity index (χ1v) is 4.65. The van der Waals surface area contributed by atoms with Gasteiger partial charge in [-0.05, 0) is 0 Å². The first-order chi connectivity index (χ1) is 5.00. The molecule has 1 aliphatic rings. The maximum absolute atomic E-state index is 2.35. The standard InChI is InChI=1S/C9H17B/c1-2-4-6-8-10-9-7-5-3-1/h8H,1-7,9H2. The molecule has 0 amide bonds. The van der Waals surface area contributed by atoms with E-state index in [-0.39, 0.29) is 0 Å². The van der Waals surface area contributed by atoms with Gasteiger partial charge in [0.05, 0.1) is 0 Å². The Morgan fingerprint density at radius 3 is 2.40 bits per heavy atom. The van der Waals surface area contributed by atoms with Crippen LogP contribution in [0.25, 0.3) is 0 Å².